The van der Waals surface area contributed by atoms with E-state index < -0.39 is 0 Å². The molecule has 0 aromatic carbocycles. The Balaban J connectivity index is 1.39. The van der Waals surface area contributed by atoms with Crippen molar-refractivity contribution in [2.24, 2.45) is 0 Å². The van der Waals surface area contributed by atoms with E-state index in [-0.39, 0.29) is 18.1 Å². The number of nitrogens with zero attached hydrogens (tertiary/aromatic N) is 3. The van der Waals surface area contributed by atoms with E-state index in [0.717, 1.165) is 52.2 Å². The predicted molar refractivity (Wildman–Crippen MR) is 90.5 cm³/mol. The molecular weight excluding hydrogens is 306 g/mol. The number of rotatable bonds is 6. The van der Waals surface area contributed by atoms with Crippen LogP contribution in [0.5, 0.6) is 0 Å². The van der Waals surface area contributed by atoms with Crippen LogP contribution in [0, 0.1) is 0 Å². The molecule has 2 aliphatic heterocycles. The van der Waals surface area contributed by atoms with Crippen LogP contribution in [-0.2, 0) is 20.8 Å². The molecule has 3 heterocycles. The molecule has 2 saturated heterocycles. The molecule has 2 atom stereocenters. The Hall–Kier alpha value is -1.50. The summed E-state index contributed by atoms with van der Waals surface area (Å²) in [5.41, 5.74) is 1.21. The third kappa shape index (κ3) is 4.75. The summed E-state index contributed by atoms with van der Waals surface area (Å²) in [6, 6.07) is 4.05. The Labute approximate surface area is 143 Å². The summed E-state index contributed by atoms with van der Waals surface area (Å²) in [5, 5.41) is 0. The zero-order valence-corrected chi connectivity index (χ0v) is 14.4. The molecule has 1 aromatic rings. The quantitative estimate of drug-likeness (QED) is 0.786. The van der Waals surface area contributed by atoms with Gasteiger partial charge in [-0.2, -0.15) is 0 Å². The van der Waals surface area contributed by atoms with Gasteiger partial charge in [0, 0.05) is 51.7 Å². The normalized spacial score (nSPS) is 23.4. The van der Waals surface area contributed by atoms with Crippen molar-refractivity contribution >= 4 is 5.91 Å². The van der Waals surface area contributed by atoms with Gasteiger partial charge in [0.15, 0.2) is 0 Å². The van der Waals surface area contributed by atoms with Crippen LogP contribution in [0.3, 0.4) is 0 Å². The molecule has 3 rings (SSSR count). The molecule has 2 aliphatic rings. The summed E-state index contributed by atoms with van der Waals surface area (Å²) < 4.78 is 11.3. The van der Waals surface area contributed by atoms with Crippen LogP contribution in [0.1, 0.15) is 25.3 Å². The van der Waals surface area contributed by atoms with E-state index in [1.807, 2.05) is 24.1 Å². The van der Waals surface area contributed by atoms with Crippen molar-refractivity contribution in [3.8, 4) is 0 Å². The van der Waals surface area contributed by atoms with Crippen LogP contribution < -0.4 is 0 Å². The molecule has 0 saturated carbocycles. The van der Waals surface area contributed by atoms with Crippen molar-refractivity contribution in [3.05, 3.63) is 30.1 Å². The number of hydrogen-bond donors (Lipinski definition) is 0. The molecule has 6 nitrogen and oxygen atoms in total. The number of carbonyl (C=O) groups is 1. The molecule has 0 N–H and O–H groups in total. The minimum atomic E-state index is -0.390. The standard InChI is InChI=1S/C18H27N3O3/c1-15(24-14-17-5-3-11-23-17)18(22)21-9-7-20(8-10-21)13-16-4-2-6-19-12-16/h2,4,6,12,15,17H,3,5,7-11,13-14H2,1H3. The Kier molecular flexibility index (Phi) is 6.18. The van der Waals surface area contributed by atoms with Gasteiger partial charge >= 0.3 is 0 Å². The fourth-order valence-corrected chi connectivity index (χ4v) is 3.23. The summed E-state index contributed by atoms with van der Waals surface area (Å²) in [7, 11) is 0. The Bertz CT molecular complexity index is 512. The SMILES string of the molecule is CC(OCC1CCCO1)C(=O)N1CCN(Cc2cccnc2)CC1. The molecule has 24 heavy (non-hydrogen) atoms. The Morgan fingerprint density at radius 1 is 1.42 bits per heavy atom. The van der Waals surface area contributed by atoms with E-state index in [9.17, 15) is 4.79 Å². The minimum absolute atomic E-state index is 0.0917. The lowest BCUT2D eigenvalue weighted by Crippen LogP contribution is -2.51. The zero-order valence-electron chi connectivity index (χ0n) is 14.4. The van der Waals surface area contributed by atoms with Gasteiger partial charge in [-0.25, -0.2) is 0 Å². The van der Waals surface area contributed by atoms with Crippen molar-refractivity contribution in [2.75, 3.05) is 39.4 Å². The number of hydrogen-bond acceptors (Lipinski definition) is 5. The van der Waals surface area contributed by atoms with Gasteiger partial charge in [-0.1, -0.05) is 6.07 Å². The van der Waals surface area contributed by atoms with Gasteiger partial charge in [0.05, 0.1) is 12.7 Å². The molecule has 132 valence electrons. The minimum Gasteiger partial charge on any atom is -0.376 e. The van der Waals surface area contributed by atoms with Crippen LogP contribution >= 0.6 is 0 Å². The first-order valence-corrected chi connectivity index (χ1v) is 8.85. The highest BCUT2D eigenvalue weighted by atomic mass is 16.5. The lowest BCUT2D eigenvalue weighted by atomic mass is 10.2. The maximum Gasteiger partial charge on any atom is 0.251 e. The number of ether oxygens (including phenoxy) is 2. The third-order valence-corrected chi connectivity index (χ3v) is 4.72. The largest absolute Gasteiger partial charge is 0.376 e. The third-order valence-electron chi connectivity index (χ3n) is 4.72. The molecular formula is C18H27N3O3. The summed E-state index contributed by atoms with van der Waals surface area (Å²) >= 11 is 0. The summed E-state index contributed by atoms with van der Waals surface area (Å²) in [6.07, 6.45) is 5.59. The first kappa shape index (κ1) is 17.3. The van der Waals surface area contributed by atoms with Crippen LogP contribution in [-0.4, -0.2) is 72.3 Å². The van der Waals surface area contributed by atoms with Gasteiger partial charge in [-0.05, 0) is 31.4 Å². The monoisotopic (exact) mass is 333 g/mol. The fourth-order valence-electron chi connectivity index (χ4n) is 3.23. The average Bonchev–Trinajstić information content (AvgIpc) is 3.14. The fraction of sp³-hybridized carbons (Fsp3) is 0.667. The number of piperazine rings is 1. The van der Waals surface area contributed by atoms with Crippen molar-refractivity contribution < 1.29 is 14.3 Å². The van der Waals surface area contributed by atoms with Crippen molar-refractivity contribution in [2.45, 2.75) is 38.5 Å². The summed E-state index contributed by atoms with van der Waals surface area (Å²) in [4.78, 5) is 20.9. The average molecular weight is 333 g/mol. The molecule has 1 amide bonds. The van der Waals surface area contributed by atoms with E-state index in [1.54, 1.807) is 6.20 Å². The lowest BCUT2D eigenvalue weighted by molar-refractivity contribution is -0.146. The van der Waals surface area contributed by atoms with Gasteiger partial charge in [0.2, 0.25) is 0 Å². The van der Waals surface area contributed by atoms with Crippen LogP contribution in [0.15, 0.2) is 24.5 Å². The summed E-state index contributed by atoms with van der Waals surface area (Å²) in [6.45, 7) is 7.36. The molecule has 1 aromatic heterocycles. The lowest BCUT2D eigenvalue weighted by Gasteiger charge is -2.36. The van der Waals surface area contributed by atoms with Crippen molar-refractivity contribution in [3.63, 3.8) is 0 Å². The maximum absolute atomic E-state index is 12.5. The highest BCUT2D eigenvalue weighted by Crippen LogP contribution is 2.14. The first-order chi connectivity index (χ1) is 11.7. The van der Waals surface area contributed by atoms with Gasteiger partial charge < -0.3 is 14.4 Å². The predicted octanol–water partition coefficient (Wildman–Crippen LogP) is 1.31. The topological polar surface area (TPSA) is 54.9 Å². The zero-order chi connectivity index (χ0) is 16.8. The van der Waals surface area contributed by atoms with Crippen LogP contribution in [0.2, 0.25) is 0 Å². The second kappa shape index (κ2) is 8.55. The Morgan fingerprint density at radius 2 is 2.25 bits per heavy atom. The maximum atomic E-state index is 12.5. The van der Waals surface area contributed by atoms with E-state index in [0.29, 0.717) is 6.61 Å². The van der Waals surface area contributed by atoms with E-state index in [1.165, 1.54) is 5.56 Å². The molecule has 0 radical (unpaired) electrons. The van der Waals surface area contributed by atoms with E-state index in [2.05, 4.69) is 16.0 Å². The highest BCUT2D eigenvalue weighted by molar-refractivity contribution is 5.80. The number of amides is 1. The van der Waals surface area contributed by atoms with Gasteiger partial charge in [0.1, 0.15) is 6.10 Å². The molecule has 6 heteroatoms. The Morgan fingerprint density at radius 3 is 2.92 bits per heavy atom. The first-order valence-electron chi connectivity index (χ1n) is 8.85. The second-order valence-corrected chi connectivity index (χ2v) is 6.57. The molecule has 0 bridgehead atoms. The smallest absolute Gasteiger partial charge is 0.251 e. The van der Waals surface area contributed by atoms with Crippen molar-refractivity contribution in [1.29, 1.82) is 0 Å². The van der Waals surface area contributed by atoms with E-state index in [4.69, 9.17) is 9.47 Å². The van der Waals surface area contributed by atoms with Gasteiger partial charge in [-0.15, -0.1) is 0 Å². The number of pyridine rings is 1. The van der Waals surface area contributed by atoms with Crippen molar-refractivity contribution in [1.82, 2.24) is 14.8 Å². The second-order valence-electron chi connectivity index (χ2n) is 6.57. The highest BCUT2D eigenvalue weighted by Gasteiger charge is 2.26. The molecule has 2 fully saturated rings. The molecule has 0 spiro atoms. The van der Waals surface area contributed by atoms with Crippen LogP contribution in [0.25, 0.3) is 0 Å². The van der Waals surface area contributed by atoms with Crippen LogP contribution in [0.4, 0.5) is 0 Å². The molecule has 2 unspecified atom stereocenters. The number of aromatic nitrogens is 1. The van der Waals surface area contributed by atoms with Gasteiger partial charge in [-0.3, -0.25) is 14.7 Å². The summed E-state index contributed by atoms with van der Waals surface area (Å²) in [5.74, 6) is 0.0917. The van der Waals surface area contributed by atoms with E-state index >= 15 is 0 Å². The number of carbonyl (C=O) groups excluding carboxylic acids is 1. The van der Waals surface area contributed by atoms with Gasteiger partial charge in [0.25, 0.3) is 5.91 Å². The molecule has 0 aliphatic carbocycles.